The summed E-state index contributed by atoms with van der Waals surface area (Å²) in [4.78, 5) is 12.4. The number of anilines is 1. The quantitative estimate of drug-likeness (QED) is 0.817. The number of aromatic hydroxyl groups is 1. The zero-order chi connectivity index (χ0) is 16.1. The molecule has 22 heavy (non-hydrogen) atoms. The van der Waals surface area contributed by atoms with Crippen molar-refractivity contribution >= 4 is 23.4 Å². The van der Waals surface area contributed by atoms with Gasteiger partial charge in [-0.05, 0) is 24.3 Å². The molecule has 1 amide bonds. The number of ether oxygens (including phenoxy) is 1. The summed E-state index contributed by atoms with van der Waals surface area (Å²) in [6.07, 6.45) is 0. The van der Waals surface area contributed by atoms with E-state index in [0.29, 0.717) is 17.5 Å². The average Bonchev–Trinajstić information content (AvgIpc) is 2.48. The molecule has 0 fully saturated rings. The van der Waals surface area contributed by atoms with Gasteiger partial charge in [0.25, 0.3) is 11.7 Å². The Morgan fingerprint density at radius 2 is 2.00 bits per heavy atom. The van der Waals surface area contributed by atoms with Crippen LogP contribution in [0.15, 0.2) is 47.4 Å². The number of methoxy groups -OCH3 is 1. The van der Waals surface area contributed by atoms with Gasteiger partial charge in [-0.2, -0.15) is 8.78 Å². The van der Waals surface area contributed by atoms with Crippen molar-refractivity contribution in [3.63, 3.8) is 0 Å². The van der Waals surface area contributed by atoms with Gasteiger partial charge in [0.2, 0.25) is 0 Å². The molecule has 0 aliphatic rings. The van der Waals surface area contributed by atoms with E-state index in [0.717, 1.165) is 0 Å². The number of rotatable bonds is 5. The average molecular weight is 325 g/mol. The molecule has 116 valence electrons. The van der Waals surface area contributed by atoms with Crippen LogP contribution in [-0.4, -0.2) is 23.9 Å². The summed E-state index contributed by atoms with van der Waals surface area (Å²) in [5, 5.41) is 12.3. The highest BCUT2D eigenvalue weighted by atomic mass is 32.2. The zero-order valence-corrected chi connectivity index (χ0v) is 12.4. The predicted molar refractivity (Wildman–Crippen MR) is 80.9 cm³/mol. The molecule has 2 aromatic carbocycles. The largest absolute Gasteiger partial charge is 0.507 e. The molecule has 0 spiro atoms. The van der Waals surface area contributed by atoms with Crippen molar-refractivity contribution < 1.29 is 23.4 Å². The summed E-state index contributed by atoms with van der Waals surface area (Å²) in [7, 11) is 1.44. The van der Waals surface area contributed by atoms with Crippen LogP contribution in [0.5, 0.6) is 11.5 Å². The van der Waals surface area contributed by atoms with Crippen LogP contribution >= 0.6 is 11.8 Å². The molecule has 2 N–H and O–H groups in total. The number of phenolic OH excluding ortho intramolecular Hbond substituents is 1. The van der Waals surface area contributed by atoms with Crippen LogP contribution < -0.4 is 10.1 Å². The number of para-hydroxylation sites is 1. The summed E-state index contributed by atoms with van der Waals surface area (Å²) in [6.45, 7) is 0. The second kappa shape index (κ2) is 7.13. The third kappa shape index (κ3) is 3.88. The number of thioether (sulfide) groups is 1. The number of amides is 1. The zero-order valence-electron chi connectivity index (χ0n) is 11.5. The second-order valence-corrected chi connectivity index (χ2v) is 5.24. The van der Waals surface area contributed by atoms with Crippen LogP contribution in [0.1, 0.15) is 10.4 Å². The molecule has 0 bridgehead atoms. The van der Waals surface area contributed by atoms with Crippen LogP contribution in [0.3, 0.4) is 0 Å². The first-order valence-corrected chi connectivity index (χ1v) is 7.11. The normalized spacial score (nSPS) is 10.5. The van der Waals surface area contributed by atoms with E-state index < -0.39 is 11.7 Å². The lowest BCUT2D eigenvalue weighted by Crippen LogP contribution is -2.13. The lowest BCUT2D eigenvalue weighted by Gasteiger charge is -2.11. The van der Waals surface area contributed by atoms with Crippen molar-refractivity contribution in [2.45, 2.75) is 10.7 Å². The van der Waals surface area contributed by atoms with Crippen LogP contribution in [0, 0.1) is 0 Å². The molecular weight excluding hydrogens is 312 g/mol. The summed E-state index contributed by atoms with van der Waals surface area (Å²) >= 11 is 0.342. The van der Waals surface area contributed by atoms with Crippen LogP contribution in [-0.2, 0) is 0 Å². The molecule has 7 heteroatoms. The van der Waals surface area contributed by atoms with Gasteiger partial charge in [0, 0.05) is 11.0 Å². The Morgan fingerprint density at radius 1 is 1.27 bits per heavy atom. The number of halogens is 2. The predicted octanol–water partition coefficient (Wildman–Crippen LogP) is 3.97. The number of carbonyl (C=O) groups excluding carboxylic acids is 1. The monoisotopic (exact) mass is 325 g/mol. The van der Waals surface area contributed by atoms with Crippen molar-refractivity contribution in [2.75, 3.05) is 12.4 Å². The van der Waals surface area contributed by atoms with E-state index in [4.69, 9.17) is 4.74 Å². The van der Waals surface area contributed by atoms with Gasteiger partial charge in [-0.3, -0.25) is 4.79 Å². The van der Waals surface area contributed by atoms with E-state index >= 15 is 0 Å². The Kier molecular flexibility index (Phi) is 5.21. The molecule has 2 aromatic rings. The van der Waals surface area contributed by atoms with Gasteiger partial charge < -0.3 is 15.2 Å². The first-order chi connectivity index (χ1) is 10.5. The number of hydrogen-bond acceptors (Lipinski definition) is 4. The molecule has 2 rings (SSSR count). The van der Waals surface area contributed by atoms with Gasteiger partial charge in [0.1, 0.15) is 11.5 Å². The van der Waals surface area contributed by atoms with Crippen molar-refractivity contribution in [1.29, 1.82) is 0 Å². The van der Waals surface area contributed by atoms with E-state index in [1.165, 1.54) is 37.4 Å². The summed E-state index contributed by atoms with van der Waals surface area (Å²) in [5.74, 6) is -3.03. The third-order valence-corrected chi connectivity index (χ3v) is 3.59. The lowest BCUT2D eigenvalue weighted by atomic mass is 10.1. The number of benzene rings is 2. The van der Waals surface area contributed by atoms with Crippen molar-refractivity contribution in [1.82, 2.24) is 0 Å². The summed E-state index contributed by atoms with van der Waals surface area (Å²) in [5.41, 5.74) is 0.283. The maximum absolute atomic E-state index is 12.5. The molecule has 0 aliphatic carbocycles. The SMILES string of the molecule is COc1ccc(C(=O)Nc2ccccc2SC(F)F)c(O)c1. The molecule has 0 radical (unpaired) electrons. The molecular formula is C15H13F2NO3S. The number of alkyl halides is 2. The Balaban J connectivity index is 2.22. The van der Waals surface area contributed by atoms with E-state index in [9.17, 15) is 18.7 Å². The highest BCUT2D eigenvalue weighted by Crippen LogP contribution is 2.32. The number of phenols is 1. The highest BCUT2D eigenvalue weighted by Gasteiger charge is 2.15. The molecule has 0 atom stereocenters. The fourth-order valence-corrected chi connectivity index (χ4v) is 2.38. The Hall–Kier alpha value is -2.28. The van der Waals surface area contributed by atoms with Crippen LogP contribution in [0.2, 0.25) is 0 Å². The standard InChI is InChI=1S/C15H13F2NO3S/c1-21-9-6-7-10(12(19)8-9)14(20)18-11-4-2-3-5-13(11)22-15(16)17/h2-8,15,19H,1H3,(H,18,20). The maximum Gasteiger partial charge on any atom is 0.288 e. The van der Waals surface area contributed by atoms with E-state index in [1.54, 1.807) is 12.1 Å². The van der Waals surface area contributed by atoms with E-state index in [1.807, 2.05) is 0 Å². The van der Waals surface area contributed by atoms with Crippen LogP contribution in [0.25, 0.3) is 0 Å². The Morgan fingerprint density at radius 3 is 2.64 bits per heavy atom. The molecule has 0 aliphatic heterocycles. The minimum Gasteiger partial charge on any atom is -0.507 e. The van der Waals surface area contributed by atoms with Crippen molar-refractivity contribution in [2.24, 2.45) is 0 Å². The topological polar surface area (TPSA) is 58.6 Å². The number of nitrogens with one attached hydrogen (secondary N) is 1. The Bertz CT molecular complexity index is 680. The fourth-order valence-electron chi connectivity index (χ4n) is 1.79. The molecule has 0 saturated heterocycles. The smallest absolute Gasteiger partial charge is 0.288 e. The summed E-state index contributed by atoms with van der Waals surface area (Å²) < 4.78 is 29.9. The minimum absolute atomic E-state index is 0.0256. The van der Waals surface area contributed by atoms with Gasteiger partial charge in [0.15, 0.2) is 0 Å². The first-order valence-electron chi connectivity index (χ1n) is 6.23. The maximum atomic E-state index is 12.5. The van der Waals surface area contributed by atoms with Gasteiger partial charge in [-0.25, -0.2) is 0 Å². The lowest BCUT2D eigenvalue weighted by molar-refractivity contribution is 0.102. The summed E-state index contributed by atoms with van der Waals surface area (Å²) in [6, 6.07) is 10.4. The first kappa shape index (κ1) is 16.1. The van der Waals surface area contributed by atoms with E-state index in [-0.39, 0.29) is 21.9 Å². The third-order valence-electron chi connectivity index (χ3n) is 2.80. The van der Waals surface area contributed by atoms with E-state index in [2.05, 4.69) is 5.32 Å². The number of carbonyl (C=O) groups is 1. The molecule has 0 saturated carbocycles. The second-order valence-electron chi connectivity index (χ2n) is 4.21. The van der Waals surface area contributed by atoms with Crippen molar-refractivity contribution in [3.05, 3.63) is 48.0 Å². The van der Waals surface area contributed by atoms with Crippen LogP contribution in [0.4, 0.5) is 14.5 Å². The molecule has 4 nitrogen and oxygen atoms in total. The fraction of sp³-hybridized carbons (Fsp3) is 0.133. The number of hydrogen-bond donors (Lipinski definition) is 2. The van der Waals surface area contributed by atoms with Gasteiger partial charge in [-0.1, -0.05) is 23.9 Å². The van der Waals surface area contributed by atoms with Gasteiger partial charge in [-0.15, -0.1) is 0 Å². The molecule has 0 unspecified atom stereocenters. The van der Waals surface area contributed by atoms with Gasteiger partial charge >= 0.3 is 0 Å². The molecule has 0 aromatic heterocycles. The minimum atomic E-state index is -2.59. The highest BCUT2D eigenvalue weighted by molar-refractivity contribution is 7.99. The molecule has 0 heterocycles. The van der Waals surface area contributed by atoms with Gasteiger partial charge in [0.05, 0.1) is 18.4 Å². The van der Waals surface area contributed by atoms with Crippen molar-refractivity contribution in [3.8, 4) is 11.5 Å². The Labute approximate surface area is 130 Å².